The minimum absolute atomic E-state index is 0.193. The lowest BCUT2D eigenvalue weighted by Crippen LogP contribution is -2.29. The fourth-order valence-electron chi connectivity index (χ4n) is 2.04. The molecule has 0 unspecified atom stereocenters. The van der Waals surface area contributed by atoms with Gasteiger partial charge in [-0.1, -0.05) is 12.1 Å². The van der Waals surface area contributed by atoms with Gasteiger partial charge in [0.25, 0.3) is 5.91 Å². The molecular formula is C15H13N5O2S. The lowest BCUT2D eigenvalue weighted by Gasteiger charge is -2.06. The molecule has 1 amide bonds. The highest BCUT2D eigenvalue weighted by molar-refractivity contribution is 7.13. The van der Waals surface area contributed by atoms with E-state index < -0.39 is 0 Å². The largest absolute Gasteiger partial charge is 0.367 e. The Labute approximate surface area is 135 Å². The van der Waals surface area contributed by atoms with Crippen molar-refractivity contribution >= 4 is 39.0 Å². The normalized spacial score (nSPS) is 10.4. The van der Waals surface area contributed by atoms with Crippen LogP contribution in [0, 0.1) is 4.91 Å². The highest BCUT2D eigenvalue weighted by Gasteiger charge is 2.07. The lowest BCUT2D eigenvalue weighted by molar-refractivity contribution is 0.0950. The molecule has 3 aromatic rings. The lowest BCUT2D eigenvalue weighted by atomic mass is 10.2. The van der Waals surface area contributed by atoms with E-state index in [-0.39, 0.29) is 17.3 Å². The molecule has 0 aliphatic carbocycles. The Morgan fingerprint density at radius 1 is 1.17 bits per heavy atom. The summed E-state index contributed by atoms with van der Waals surface area (Å²) in [6.45, 7) is 0.980. The molecule has 0 atom stereocenters. The molecule has 0 radical (unpaired) electrons. The van der Waals surface area contributed by atoms with Gasteiger partial charge in [0.2, 0.25) is 0 Å². The fourth-order valence-corrected chi connectivity index (χ4v) is 2.79. The van der Waals surface area contributed by atoms with E-state index in [1.165, 1.54) is 29.9 Å². The van der Waals surface area contributed by atoms with Crippen molar-refractivity contribution < 1.29 is 4.79 Å². The van der Waals surface area contributed by atoms with Crippen molar-refractivity contribution in [1.29, 1.82) is 0 Å². The second kappa shape index (κ2) is 6.93. The van der Waals surface area contributed by atoms with Crippen molar-refractivity contribution in [3.8, 4) is 0 Å². The first-order valence-corrected chi connectivity index (χ1v) is 7.71. The zero-order valence-corrected chi connectivity index (χ0v) is 12.8. The number of aromatic nitrogens is 2. The van der Waals surface area contributed by atoms with Crippen LogP contribution in [0.1, 0.15) is 10.5 Å². The molecule has 0 fully saturated rings. The van der Waals surface area contributed by atoms with Crippen LogP contribution in [0.25, 0.3) is 10.1 Å². The predicted molar refractivity (Wildman–Crippen MR) is 90.1 cm³/mol. The van der Waals surface area contributed by atoms with Gasteiger partial charge in [0, 0.05) is 18.5 Å². The first-order chi connectivity index (χ1) is 11.3. The summed E-state index contributed by atoms with van der Waals surface area (Å²) in [5.74, 6) is 0.520. The Morgan fingerprint density at radius 2 is 2.04 bits per heavy atom. The molecular weight excluding hydrogens is 314 g/mol. The zero-order chi connectivity index (χ0) is 16.1. The first-order valence-electron chi connectivity index (χ1n) is 6.94. The molecule has 0 saturated carbocycles. The van der Waals surface area contributed by atoms with E-state index in [0.29, 0.717) is 13.1 Å². The van der Waals surface area contributed by atoms with Crippen molar-refractivity contribution in [2.75, 3.05) is 18.4 Å². The Balaban J connectivity index is 1.51. The molecule has 2 aromatic heterocycles. The molecule has 116 valence electrons. The molecule has 2 N–H and O–H groups in total. The van der Waals surface area contributed by atoms with E-state index in [1.807, 2.05) is 24.3 Å². The van der Waals surface area contributed by atoms with E-state index in [1.54, 1.807) is 0 Å². The number of nitroso groups, excluding NO2 is 1. The molecule has 0 aliphatic heterocycles. The maximum Gasteiger partial charge on any atom is 0.269 e. The molecule has 0 bridgehead atoms. The van der Waals surface area contributed by atoms with Gasteiger partial charge in [-0.25, -0.2) is 4.98 Å². The standard InChI is InChI=1S/C15H13N5O2S/c21-15(12-6-5-10(19-22)9-18-12)17-8-7-16-14-11-3-1-2-4-13(11)23-20-14/h1-6,9H,7-8H2,(H,16,20)(H,17,21). The number of nitrogens with zero attached hydrogens (tertiary/aromatic N) is 3. The van der Waals surface area contributed by atoms with Crippen LogP contribution in [0.15, 0.2) is 47.8 Å². The van der Waals surface area contributed by atoms with Crippen molar-refractivity contribution in [2.45, 2.75) is 0 Å². The van der Waals surface area contributed by atoms with Crippen LogP contribution in [-0.2, 0) is 0 Å². The molecule has 7 nitrogen and oxygen atoms in total. The third-order valence-corrected chi connectivity index (χ3v) is 3.99. The van der Waals surface area contributed by atoms with E-state index in [0.717, 1.165) is 15.9 Å². The van der Waals surface area contributed by atoms with Gasteiger partial charge in [-0.2, -0.15) is 4.37 Å². The number of hydrogen-bond donors (Lipinski definition) is 2. The minimum atomic E-state index is -0.299. The number of rotatable bonds is 6. The summed E-state index contributed by atoms with van der Waals surface area (Å²) < 4.78 is 5.47. The van der Waals surface area contributed by atoms with Crippen LogP contribution in [0.4, 0.5) is 11.5 Å². The zero-order valence-electron chi connectivity index (χ0n) is 12.0. The molecule has 0 aliphatic rings. The van der Waals surface area contributed by atoms with Gasteiger partial charge in [-0.05, 0) is 41.0 Å². The number of amides is 1. The van der Waals surface area contributed by atoms with Gasteiger partial charge in [0.15, 0.2) is 0 Å². The number of nitrogens with one attached hydrogen (secondary N) is 2. The van der Waals surface area contributed by atoms with E-state index >= 15 is 0 Å². The first kappa shape index (κ1) is 15.0. The quantitative estimate of drug-likeness (QED) is 0.536. The van der Waals surface area contributed by atoms with Crippen LogP contribution >= 0.6 is 11.5 Å². The average Bonchev–Trinajstić information content (AvgIpc) is 3.02. The van der Waals surface area contributed by atoms with Gasteiger partial charge < -0.3 is 10.6 Å². The smallest absolute Gasteiger partial charge is 0.269 e. The molecule has 0 saturated heterocycles. The number of anilines is 1. The fraction of sp³-hybridized carbons (Fsp3) is 0.133. The maximum absolute atomic E-state index is 11.9. The molecule has 1 aromatic carbocycles. The Kier molecular flexibility index (Phi) is 4.53. The van der Waals surface area contributed by atoms with Crippen molar-refractivity contribution in [3.63, 3.8) is 0 Å². The van der Waals surface area contributed by atoms with Gasteiger partial charge in [-0.3, -0.25) is 4.79 Å². The Hall–Kier alpha value is -2.87. The molecule has 8 heteroatoms. The second-order valence-electron chi connectivity index (χ2n) is 4.70. The van der Waals surface area contributed by atoms with Crippen LogP contribution in [0.5, 0.6) is 0 Å². The summed E-state index contributed by atoms with van der Waals surface area (Å²) in [4.78, 5) is 26.1. The molecule has 0 spiro atoms. The molecule has 3 rings (SSSR count). The van der Waals surface area contributed by atoms with Gasteiger partial charge in [0.05, 0.1) is 10.9 Å². The third-order valence-electron chi connectivity index (χ3n) is 3.17. The van der Waals surface area contributed by atoms with E-state index in [9.17, 15) is 9.70 Å². The summed E-state index contributed by atoms with van der Waals surface area (Å²) in [5.41, 5.74) is 0.440. The van der Waals surface area contributed by atoms with Gasteiger partial charge in [-0.15, -0.1) is 4.91 Å². The summed E-state index contributed by atoms with van der Waals surface area (Å²) in [6, 6.07) is 10.9. The monoisotopic (exact) mass is 327 g/mol. The maximum atomic E-state index is 11.9. The van der Waals surface area contributed by atoms with Crippen LogP contribution in [0.3, 0.4) is 0 Å². The molecule has 2 heterocycles. The van der Waals surface area contributed by atoms with Gasteiger partial charge in [0.1, 0.15) is 17.2 Å². The third kappa shape index (κ3) is 3.49. The Bertz CT molecular complexity index is 831. The van der Waals surface area contributed by atoms with Crippen LogP contribution < -0.4 is 10.6 Å². The number of fused-ring (bicyclic) bond motifs is 1. The van der Waals surface area contributed by atoms with Gasteiger partial charge >= 0.3 is 0 Å². The van der Waals surface area contributed by atoms with Crippen molar-refractivity contribution in [1.82, 2.24) is 14.7 Å². The second-order valence-corrected chi connectivity index (χ2v) is 5.51. The number of carbonyl (C=O) groups excluding carboxylic acids is 1. The highest BCUT2D eigenvalue weighted by atomic mass is 32.1. The van der Waals surface area contributed by atoms with E-state index in [4.69, 9.17) is 0 Å². The predicted octanol–water partition coefficient (Wildman–Crippen LogP) is 2.93. The van der Waals surface area contributed by atoms with Crippen molar-refractivity contribution in [2.24, 2.45) is 5.18 Å². The minimum Gasteiger partial charge on any atom is -0.367 e. The summed E-state index contributed by atoms with van der Waals surface area (Å²) in [6.07, 6.45) is 1.27. The highest BCUT2D eigenvalue weighted by Crippen LogP contribution is 2.25. The van der Waals surface area contributed by atoms with E-state index in [2.05, 4.69) is 25.2 Å². The average molecular weight is 327 g/mol. The summed E-state index contributed by atoms with van der Waals surface area (Å²) >= 11 is 1.43. The SMILES string of the molecule is O=Nc1ccc(C(=O)NCCNc2nsc3ccccc23)nc1. The summed E-state index contributed by atoms with van der Waals surface area (Å²) in [7, 11) is 0. The van der Waals surface area contributed by atoms with Crippen molar-refractivity contribution in [3.05, 3.63) is 53.2 Å². The number of pyridine rings is 1. The summed E-state index contributed by atoms with van der Waals surface area (Å²) in [5, 5.41) is 9.76. The number of benzene rings is 1. The van der Waals surface area contributed by atoms with Crippen LogP contribution in [-0.4, -0.2) is 28.4 Å². The van der Waals surface area contributed by atoms with Crippen LogP contribution in [0.2, 0.25) is 0 Å². The number of carbonyl (C=O) groups is 1. The molecule has 23 heavy (non-hydrogen) atoms. The number of hydrogen-bond acceptors (Lipinski definition) is 7. The topological polar surface area (TPSA) is 96.3 Å². The Morgan fingerprint density at radius 3 is 2.83 bits per heavy atom.